The van der Waals surface area contributed by atoms with Gasteiger partial charge in [0, 0.05) is 18.2 Å². The van der Waals surface area contributed by atoms with E-state index in [0.717, 1.165) is 0 Å². The minimum atomic E-state index is 0.534. The standard InChI is InChI=1S/C8H11NO3/c1-11-7-3-6(9-10)4-8(5-7)12-2/h3-5,9-10H,1-2H3. The van der Waals surface area contributed by atoms with Gasteiger partial charge in [0.2, 0.25) is 0 Å². The van der Waals surface area contributed by atoms with Crippen LogP contribution in [0.25, 0.3) is 0 Å². The highest BCUT2D eigenvalue weighted by Crippen LogP contribution is 2.24. The second-order valence-corrected chi connectivity index (χ2v) is 2.21. The molecular formula is C8H11NO3. The van der Waals surface area contributed by atoms with Gasteiger partial charge in [0.05, 0.1) is 19.9 Å². The summed E-state index contributed by atoms with van der Waals surface area (Å²) < 4.78 is 9.94. The summed E-state index contributed by atoms with van der Waals surface area (Å²) in [5.41, 5.74) is 2.55. The summed E-state index contributed by atoms with van der Waals surface area (Å²) in [4.78, 5) is 0. The third-order valence-corrected chi connectivity index (χ3v) is 1.48. The van der Waals surface area contributed by atoms with E-state index < -0.39 is 0 Å². The van der Waals surface area contributed by atoms with Crippen LogP contribution in [0.15, 0.2) is 18.2 Å². The maximum absolute atomic E-state index is 8.62. The Morgan fingerprint density at radius 3 is 1.92 bits per heavy atom. The topological polar surface area (TPSA) is 50.7 Å². The zero-order valence-corrected chi connectivity index (χ0v) is 7.00. The molecule has 12 heavy (non-hydrogen) atoms. The first-order valence-electron chi connectivity index (χ1n) is 3.43. The summed E-state index contributed by atoms with van der Waals surface area (Å²) in [7, 11) is 3.10. The molecule has 0 aliphatic heterocycles. The Balaban J connectivity index is 3.01. The number of hydrogen-bond acceptors (Lipinski definition) is 4. The van der Waals surface area contributed by atoms with Crippen LogP contribution in [0.3, 0.4) is 0 Å². The molecule has 0 aromatic heterocycles. The number of anilines is 1. The van der Waals surface area contributed by atoms with Crippen LogP contribution in [0.2, 0.25) is 0 Å². The van der Waals surface area contributed by atoms with E-state index >= 15 is 0 Å². The lowest BCUT2D eigenvalue weighted by molar-refractivity contribution is 0.379. The second kappa shape index (κ2) is 3.82. The SMILES string of the molecule is COc1cc(NO)cc(OC)c1. The summed E-state index contributed by atoms with van der Waals surface area (Å²) in [6, 6.07) is 5.03. The minimum absolute atomic E-state index is 0.534. The van der Waals surface area contributed by atoms with E-state index in [4.69, 9.17) is 14.7 Å². The average molecular weight is 169 g/mol. The largest absolute Gasteiger partial charge is 0.497 e. The molecule has 0 aliphatic rings. The Hall–Kier alpha value is -1.42. The number of ether oxygens (including phenoxy) is 2. The van der Waals surface area contributed by atoms with Crippen molar-refractivity contribution >= 4 is 5.69 Å². The molecule has 0 heterocycles. The van der Waals surface area contributed by atoms with Gasteiger partial charge in [-0.25, -0.2) is 0 Å². The molecule has 1 aromatic rings. The van der Waals surface area contributed by atoms with Crippen LogP contribution in [-0.2, 0) is 0 Å². The predicted molar refractivity (Wildman–Crippen MR) is 45.0 cm³/mol. The molecule has 2 N–H and O–H groups in total. The van der Waals surface area contributed by atoms with Crippen LogP contribution >= 0.6 is 0 Å². The Morgan fingerprint density at radius 1 is 1.08 bits per heavy atom. The van der Waals surface area contributed by atoms with Crippen LogP contribution in [0, 0.1) is 0 Å². The lowest BCUT2D eigenvalue weighted by atomic mass is 10.3. The molecule has 0 atom stereocenters. The quantitative estimate of drug-likeness (QED) is 0.673. The molecule has 0 radical (unpaired) electrons. The highest BCUT2D eigenvalue weighted by atomic mass is 16.5. The first kappa shape index (κ1) is 8.67. The van der Waals surface area contributed by atoms with E-state index in [-0.39, 0.29) is 0 Å². The lowest BCUT2D eigenvalue weighted by Crippen LogP contribution is -1.92. The van der Waals surface area contributed by atoms with Crippen LogP contribution in [0.1, 0.15) is 0 Å². The van der Waals surface area contributed by atoms with Crippen molar-refractivity contribution < 1.29 is 14.7 Å². The van der Waals surface area contributed by atoms with E-state index in [9.17, 15) is 0 Å². The van der Waals surface area contributed by atoms with Crippen molar-refractivity contribution in [3.63, 3.8) is 0 Å². The summed E-state index contributed by atoms with van der Waals surface area (Å²) >= 11 is 0. The van der Waals surface area contributed by atoms with Crippen molar-refractivity contribution in [3.05, 3.63) is 18.2 Å². The molecule has 0 amide bonds. The number of rotatable bonds is 3. The van der Waals surface area contributed by atoms with E-state index in [1.54, 1.807) is 32.4 Å². The molecule has 1 rings (SSSR count). The second-order valence-electron chi connectivity index (χ2n) is 2.21. The van der Waals surface area contributed by atoms with Crippen molar-refractivity contribution in [2.75, 3.05) is 19.7 Å². The molecule has 0 saturated carbocycles. The van der Waals surface area contributed by atoms with Gasteiger partial charge in [-0.15, -0.1) is 0 Å². The average Bonchev–Trinajstić information content (AvgIpc) is 2.16. The number of methoxy groups -OCH3 is 2. The fourth-order valence-corrected chi connectivity index (χ4v) is 0.872. The van der Waals surface area contributed by atoms with Gasteiger partial charge in [0.25, 0.3) is 0 Å². The number of nitrogens with one attached hydrogen (secondary N) is 1. The van der Waals surface area contributed by atoms with Gasteiger partial charge in [-0.2, -0.15) is 0 Å². The molecule has 0 aliphatic carbocycles. The first-order valence-corrected chi connectivity index (χ1v) is 3.43. The zero-order valence-electron chi connectivity index (χ0n) is 7.00. The fourth-order valence-electron chi connectivity index (χ4n) is 0.872. The molecule has 4 heteroatoms. The molecule has 0 bridgehead atoms. The van der Waals surface area contributed by atoms with Gasteiger partial charge >= 0.3 is 0 Å². The summed E-state index contributed by atoms with van der Waals surface area (Å²) in [5, 5.41) is 8.62. The Labute approximate surface area is 70.7 Å². The molecule has 0 saturated heterocycles. The zero-order chi connectivity index (χ0) is 8.97. The van der Waals surface area contributed by atoms with Gasteiger partial charge in [-0.3, -0.25) is 10.7 Å². The highest BCUT2D eigenvalue weighted by Gasteiger charge is 1.99. The Bertz CT molecular complexity index is 207. The predicted octanol–water partition coefficient (Wildman–Crippen LogP) is 1.50. The van der Waals surface area contributed by atoms with Gasteiger partial charge in [0.1, 0.15) is 11.5 Å². The maximum atomic E-state index is 8.62. The summed E-state index contributed by atoms with van der Waals surface area (Å²) in [6.45, 7) is 0. The molecule has 0 fully saturated rings. The van der Waals surface area contributed by atoms with Crippen LogP contribution < -0.4 is 15.0 Å². The summed E-state index contributed by atoms with van der Waals surface area (Å²) in [5.74, 6) is 1.26. The molecule has 4 nitrogen and oxygen atoms in total. The molecule has 66 valence electrons. The monoisotopic (exact) mass is 169 g/mol. The van der Waals surface area contributed by atoms with Crippen LogP contribution in [0.5, 0.6) is 11.5 Å². The van der Waals surface area contributed by atoms with E-state index in [1.165, 1.54) is 0 Å². The van der Waals surface area contributed by atoms with Crippen molar-refractivity contribution in [1.29, 1.82) is 0 Å². The van der Waals surface area contributed by atoms with Gasteiger partial charge in [-0.05, 0) is 0 Å². The third kappa shape index (κ3) is 1.79. The smallest absolute Gasteiger partial charge is 0.124 e. The van der Waals surface area contributed by atoms with E-state index in [2.05, 4.69) is 0 Å². The Kier molecular flexibility index (Phi) is 2.76. The van der Waals surface area contributed by atoms with Crippen molar-refractivity contribution in [2.45, 2.75) is 0 Å². The van der Waals surface area contributed by atoms with Gasteiger partial charge < -0.3 is 9.47 Å². The molecular weight excluding hydrogens is 158 g/mol. The number of benzene rings is 1. The lowest BCUT2D eigenvalue weighted by Gasteiger charge is -2.06. The van der Waals surface area contributed by atoms with Gasteiger partial charge in [0.15, 0.2) is 0 Å². The number of hydrogen-bond donors (Lipinski definition) is 2. The van der Waals surface area contributed by atoms with Crippen molar-refractivity contribution in [2.24, 2.45) is 0 Å². The minimum Gasteiger partial charge on any atom is -0.497 e. The van der Waals surface area contributed by atoms with Crippen molar-refractivity contribution in [3.8, 4) is 11.5 Å². The van der Waals surface area contributed by atoms with Crippen LogP contribution in [-0.4, -0.2) is 19.4 Å². The van der Waals surface area contributed by atoms with Crippen LogP contribution in [0.4, 0.5) is 5.69 Å². The highest BCUT2D eigenvalue weighted by molar-refractivity contribution is 5.52. The maximum Gasteiger partial charge on any atom is 0.124 e. The Morgan fingerprint density at radius 2 is 1.58 bits per heavy atom. The molecule has 0 unspecified atom stereocenters. The normalized spacial score (nSPS) is 9.25. The van der Waals surface area contributed by atoms with Crippen molar-refractivity contribution in [1.82, 2.24) is 0 Å². The fraction of sp³-hybridized carbons (Fsp3) is 0.250. The van der Waals surface area contributed by atoms with Gasteiger partial charge in [-0.1, -0.05) is 0 Å². The van der Waals surface area contributed by atoms with E-state index in [0.29, 0.717) is 17.2 Å². The van der Waals surface area contributed by atoms with E-state index in [1.807, 2.05) is 5.48 Å². The molecule has 1 aromatic carbocycles. The third-order valence-electron chi connectivity index (χ3n) is 1.48. The first-order chi connectivity index (χ1) is 5.80. The molecule has 0 spiro atoms. The summed E-state index contributed by atoms with van der Waals surface area (Å²) in [6.07, 6.45) is 0.